The van der Waals surface area contributed by atoms with Crippen molar-refractivity contribution >= 4 is 29.2 Å². The molecule has 0 saturated carbocycles. The Morgan fingerprint density at radius 2 is 0.982 bits per heavy atom. The number of aryl methyl sites for hydroxylation is 2. The molecule has 10 heteroatoms. The number of hydrogen-bond donors (Lipinski definition) is 4. The first-order chi connectivity index (χ1) is 26.3. The van der Waals surface area contributed by atoms with Crippen LogP contribution in [0, 0.1) is 13.8 Å². The highest BCUT2D eigenvalue weighted by Gasteiger charge is 2.23. The molecule has 1 amide bonds. The fourth-order valence-electron chi connectivity index (χ4n) is 5.99. The number of carboxylic acid groups (broad SMARTS) is 2. The summed E-state index contributed by atoms with van der Waals surface area (Å²) < 4.78 is 12.1. The monoisotopic (exact) mass is 736 g/mol. The summed E-state index contributed by atoms with van der Waals surface area (Å²) in [5.74, 6) is -0.0967. The van der Waals surface area contributed by atoms with Gasteiger partial charge in [0, 0.05) is 11.1 Å². The van der Waals surface area contributed by atoms with Gasteiger partial charge in [-0.05, 0) is 122 Å². The van der Waals surface area contributed by atoms with Crippen LogP contribution in [-0.2, 0) is 16.9 Å². The van der Waals surface area contributed by atoms with Gasteiger partial charge in [-0.2, -0.15) is 0 Å². The summed E-state index contributed by atoms with van der Waals surface area (Å²) in [4.78, 5) is 41.5. The fourth-order valence-corrected chi connectivity index (χ4v) is 5.99. The van der Waals surface area contributed by atoms with Crippen molar-refractivity contribution in [2.75, 3.05) is 10.8 Å². The Balaban J connectivity index is 1.01. The van der Waals surface area contributed by atoms with Gasteiger partial charge in [0.2, 0.25) is 0 Å². The zero-order valence-corrected chi connectivity index (χ0v) is 30.8. The standard InChI is InChI=1S/C45H40N2O8/c1-28-5-23-39(43(49)50)30(25-28)27-53-47-34-13-21-38(22-14-34)55-36-17-9-32(10-18-36)45(3,4)31-7-15-35(16-8-31)54-37-19-11-33(12-20-37)46-42(48)41-26-29(2)6-24-40(41)44(51)52/h5-26,47H,27H2,1-4H3,(H,46,48)(H,49,50)(H,51,52). The van der Waals surface area contributed by atoms with Crippen molar-refractivity contribution in [2.45, 2.75) is 39.7 Å². The van der Waals surface area contributed by atoms with E-state index in [0.29, 0.717) is 39.9 Å². The van der Waals surface area contributed by atoms with Crippen LogP contribution in [0.4, 0.5) is 11.4 Å². The number of anilines is 2. The zero-order valence-electron chi connectivity index (χ0n) is 30.8. The average molecular weight is 737 g/mol. The largest absolute Gasteiger partial charge is 0.478 e. The molecular weight excluding hydrogens is 697 g/mol. The molecule has 4 N–H and O–H groups in total. The van der Waals surface area contributed by atoms with Gasteiger partial charge in [0.25, 0.3) is 5.91 Å². The molecule has 6 rings (SSSR count). The second kappa shape index (κ2) is 16.4. The van der Waals surface area contributed by atoms with Crippen LogP contribution < -0.4 is 20.3 Å². The van der Waals surface area contributed by atoms with Crippen LogP contribution in [0.5, 0.6) is 23.0 Å². The number of rotatable bonds is 14. The van der Waals surface area contributed by atoms with E-state index >= 15 is 0 Å². The maximum atomic E-state index is 12.8. The Morgan fingerprint density at radius 3 is 1.47 bits per heavy atom. The maximum absolute atomic E-state index is 12.8. The number of ether oxygens (including phenoxy) is 2. The number of amides is 1. The predicted octanol–water partition coefficient (Wildman–Crippen LogP) is 10.4. The highest BCUT2D eigenvalue weighted by Crippen LogP contribution is 2.35. The van der Waals surface area contributed by atoms with Crippen LogP contribution >= 0.6 is 0 Å². The van der Waals surface area contributed by atoms with Crippen LogP contribution in [0.1, 0.15) is 72.7 Å². The molecule has 0 aliphatic heterocycles. The number of carboxylic acids is 2. The van der Waals surface area contributed by atoms with Crippen LogP contribution in [-0.4, -0.2) is 28.1 Å². The zero-order chi connectivity index (χ0) is 39.1. The Hall–Kier alpha value is -6.91. The van der Waals surface area contributed by atoms with Crippen LogP contribution in [0.15, 0.2) is 133 Å². The van der Waals surface area contributed by atoms with Crippen LogP contribution in [0.25, 0.3) is 0 Å². The molecule has 0 aromatic heterocycles. The van der Waals surface area contributed by atoms with Crippen molar-refractivity contribution in [2.24, 2.45) is 0 Å². The Labute approximate surface area is 318 Å². The lowest BCUT2D eigenvalue weighted by Crippen LogP contribution is -2.18. The highest BCUT2D eigenvalue weighted by atomic mass is 16.6. The van der Waals surface area contributed by atoms with E-state index < -0.39 is 17.8 Å². The minimum Gasteiger partial charge on any atom is -0.478 e. The third-order valence-corrected chi connectivity index (χ3v) is 9.15. The molecule has 0 spiro atoms. The van der Waals surface area contributed by atoms with Crippen molar-refractivity contribution in [1.29, 1.82) is 0 Å². The minimum absolute atomic E-state index is 0.0586. The second-order valence-corrected chi connectivity index (χ2v) is 13.6. The molecule has 0 heterocycles. The molecule has 0 bridgehead atoms. The third-order valence-electron chi connectivity index (χ3n) is 9.15. The number of carbonyl (C=O) groups excluding carboxylic acids is 1. The molecule has 0 radical (unpaired) electrons. The predicted molar refractivity (Wildman–Crippen MR) is 211 cm³/mol. The van der Waals surface area contributed by atoms with E-state index in [1.807, 2.05) is 79.7 Å². The normalized spacial score (nSPS) is 11.1. The van der Waals surface area contributed by atoms with Gasteiger partial charge in [0.1, 0.15) is 29.6 Å². The van der Waals surface area contributed by atoms with Gasteiger partial charge in [-0.25, -0.2) is 9.59 Å². The number of nitrogens with one attached hydrogen (secondary N) is 2. The van der Waals surface area contributed by atoms with Gasteiger partial charge in [-0.3, -0.25) is 15.1 Å². The summed E-state index contributed by atoms with van der Waals surface area (Å²) in [5, 5.41) is 21.7. The maximum Gasteiger partial charge on any atom is 0.336 e. The quantitative estimate of drug-likeness (QED) is 0.0803. The van der Waals surface area contributed by atoms with Crippen molar-refractivity contribution in [3.05, 3.63) is 178 Å². The molecular formula is C45H40N2O8. The summed E-state index contributed by atoms with van der Waals surface area (Å²) in [6.07, 6.45) is 0. The molecule has 55 heavy (non-hydrogen) atoms. The lowest BCUT2D eigenvalue weighted by molar-refractivity contribution is 0.0682. The number of aromatic carboxylic acids is 2. The minimum atomic E-state index is -1.16. The fraction of sp³-hybridized carbons (Fsp3) is 0.133. The number of carbonyl (C=O) groups is 3. The summed E-state index contributed by atoms with van der Waals surface area (Å²) in [7, 11) is 0. The van der Waals surface area contributed by atoms with E-state index in [-0.39, 0.29) is 28.7 Å². The van der Waals surface area contributed by atoms with Crippen molar-refractivity contribution < 1.29 is 38.9 Å². The molecule has 10 nitrogen and oxygen atoms in total. The van der Waals surface area contributed by atoms with Gasteiger partial charge in [0.15, 0.2) is 0 Å². The van der Waals surface area contributed by atoms with E-state index in [2.05, 4.69) is 24.6 Å². The van der Waals surface area contributed by atoms with Crippen LogP contribution in [0.3, 0.4) is 0 Å². The first kappa shape index (κ1) is 37.8. The van der Waals surface area contributed by atoms with Crippen molar-refractivity contribution in [3.63, 3.8) is 0 Å². The molecule has 0 fully saturated rings. The number of benzene rings is 6. The summed E-state index contributed by atoms with van der Waals surface area (Å²) in [6.45, 7) is 8.09. The lowest BCUT2D eigenvalue weighted by Gasteiger charge is -2.26. The van der Waals surface area contributed by atoms with E-state index in [4.69, 9.17) is 14.3 Å². The van der Waals surface area contributed by atoms with Crippen molar-refractivity contribution in [3.8, 4) is 23.0 Å². The molecule has 6 aromatic carbocycles. The molecule has 0 aliphatic carbocycles. The smallest absolute Gasteiger partial charge is 0.336 e. The first-order valence-corrected chi connectivity index (χ1v) is 17.5. The average Bonchev–Trinajstić information content (AvgIpc) is 3.16. The van der Waals surface area contributed by atoms with E-state index in [0.717, 1.165) is 22.3 Å². The topological polar surface area (TPSA) is 143 Å². The van der Waals surface area contributed by atoms with E-state index in [1.165, 1.54) is 6.07 Å². The van der Waals surface area contributed by atoms with E-state index in [1.54, 1.807) is 61.5 Å². The molecule has 0 unspecified atom stereocenters. The molecule has 6 aromatic rings. The second-order valence-electron chi connectivity index (χ2n) is 13.6. The number of hydrogen-bond acceptors (Lipinski definition) is 7. The molecule has 0 aliphatic rings. The Bertz CT molecular complexity index is 2320. The molecule has 278 valence electrons. The van der Waals surface area contributed by atoms with Gasteiger partial charge >= 0.3 is 11.9 Å². The van der Waals surface area contributed by atoms with E-state index in [9.17, 15) is 24.6 Å². The summed E-state index contributed by atoms with van der Waals surface area (Å²) >= 11 is 0. The Kier molecular flexibility index (Phi) is 11.3. The van der Waals surface area contributed by atoms with Gasteiger partial charge < -0.3 is 25.0 Å². The molecule has 0 atom stereocenters. The Morgan fingerprint density at radius 1 is 0.545 bits per heavy atom. The van der Waals surface area contributed by atoms with Gasteiger partial charge in [0.05, 0.1) is 22.4 Å². The lowest BCUT2D eigenvalue weighted by atomic mass is 9.78. The first-order valence-electron chi connectivity index (χ1n) is 17.5. The van der Waals surface area contributed by atoms with Gasteiger partial charge in [-0.1, -0.05) is 67.4 Å². The van der Waals surface area contributed by atoms with Crippen LogP contribution in [0.2, 0.25) is 0 Å². The molecule has 0 saturated heterocycles. The van der Waals surface area contributed by atoms with Gasteiger partial charge in [-0.15, -0.1) is 0 Å². The highest BCUT2D eigenvalue weighted by molar-refractivity contribution is 6.10. The van der Waals surface area contributed by atoms with Crippen molar-refractivity contribution in [1.82, 2.24) is 0 Å². The summed E-state index contributed by atoms with van der Waals surface area (Å²) in [5.41, 5.74) is 8.51. The third kappa shape index (κ3) is 9.37. The SMILES string of the molecule is Cc1ccc(C(=O)O)c(CONc2ccc(Oc3ccc(C(C)(C)c4ccc(Oc5ccc(NC(=O)c6cc(C)ccc6C(=O)O)cc5)cc4)cc3)cc2)c1. The summed E-state index contributed by atoms with van der Waals surface area (Å²) in [6, 6.07) is 39.8.